The lowest BCUT2D eigenvalue weighted by molar-refractivity contribution is -0.135. The first kappa shape index (κ1) is 44.1. The Bertz CT molecular complexity index is 1170. The van der Waals surface area contributed by atoms with E-state index in [-0.39, 0.29) is 32.2 Å². The van der Waals surface area contributed by atoms with E-state index < -0.39 is 110 Å². The van der Waals surface area contributed by atoms with Crippen molar-refractivity contribution in [1.82, 2.24) is 37.2 Å². The predicted octanol–water partition coefficient (Wildman–Crippen LogP) is -8.12. The topological polar surface area (TPSA) is 382 Å². The summed E-state index contributed by atoms with van der Waals surface area (Å²) in [5, 5.41) is 35.0. The van der Waals surface area contributed by atoms with Crippen molar-refractivity contribution >= 4 is 53.2 Å². The van der Waals surface area contributed by atoms with E-state index >= 15 is 0 Å². The average molecular weight is 704 g/mol. The van der Waals surface area contributed by atoms with Gasteiger partial charge in [-0.05, 0) is 39.2 Å². The van der Waals surface area contributed by atoms with E-state index in [0.29, 0.717) is 19.4 Å². The second kappa shape index (κ2) is 24.2. The van der Waals surface area contributed by atoms with E-state index in [0.717, 1.165) is 0 Å². The molecular weight excluding hydrogens is 654 g/mol. The van der Waals surface area contributed by atoms with Crippen LogP contribution in [0.5, 0.6) is 0 Å². The molecule has 0 aliphatic carbocycles. The Balaban J connectivity index is 5.25. The summed E-state index contributed by atoms with van der Waals surface area (Å²) in [6.07, 6.45) is 0.238. The van der Waals surface area contributed by atoms with Gasteiger partial charge in [-0.15, -0.1) is 0 Å². The number of carbonyl (C=O) groups excluding carboxylic acids is 9. The molecule has 0 aromatic rings. The second-order valence-corrected chi connectivity index (χ2v) is 10.7. The summed E-state index contributed by atoms with van der Waals surface area (Å²) in [6, 6.07) is -6.53. The largest absolute Gasteiger partial charge is 0.394 e. The minimum Gasteiger partial charge on any atom is -0.394 e. The van der Waals surface area contributed by atoms with Crippen molar-refractivity contribution in [1.29, 1.82) is 0 Å². The Kier molecular flexibility index (Phi) is 21.8. The number of nitrogens with two attached hydrogens (primary N) is 4. The monoisotopic (exact) mass is 703 g/mol. The van der Waals surface area contributed by atoms with Crippen molar-refractivity contribution in [3.05, 3.63) is 0 Å². The SMILES string of the molecule is C[C@H](N)C(=O)N[C@@H](CCCCN)C(=O)N[C@@H](CO)C(=O)N[C@@H](CCC(N)=O)C(=O)NCC(=O)NCC(=O)N[C@@H](CO)C(=O)NCCC(N)=O. The zero-order chi connectivity index (χ0) is 37.5. The molecule has 0 bridgehead atoms. The lowest BCUT2D eigenvalue weighted by Gasteiger charge is -2.24. The Morgan fingerprint density at radius 3 is 1.61 bits per heavy atom. The highest BCUT2D eigenvalue weighted by Gasteiger charge is 2.30. The number of aliphatic hydroxyl groups excluding tert-OH is 2. The van der Waals surface area contributed by atoms with Crippen molar-refractivity contribution < 1.29 is 53.4 Å². The van der Waals surface area contributed by atoms with Gasteiger partial charge in [0, 0.05) is 19.4 Å². The molecule has 0 aromatic heterocycles. The zero-order valence-corrected chi connectivity index (χ0v) is 27.3. The smallest absolute Gasteiger partial charge is 0.245 e. The molecule has 0 unspecified atom stereocenters. The molecule has 22 nitrogen and oxygen atoms in total. The number of hydrogen-bond acceptors (Lipinski definition) is 13. The quantitative estimate of drug-likeness (QED) is 0.0393. The van der Waals surface area contributed by atoms with Crippen LogP contribution < -0.4 is 60.2 Å². The number of unbranched alkanes of at least 4 members (excludes halogenated alkanes) is 1. The van der Waals surface area contributed by atoms with E-state index in [1.807, 2.05) is 0 Å². The van der Waals surface area contributed by atoms with Crippen LogP contribution in [0.15, 0.2) is 0 Å². The molecule has 0 saturated heterocycles. The standard InChI is InChI=1S/C27H49N11O11/c1-14(29)23(45)36-15(4-2-3-8-28)26(48)38-18(13-40)27(49)37-16(5-6-19(30)41)24(46)34-10-21(43)33-11-22(44)35-17(12-39)25(47)32-9-7-20(31)42/h14-18,39-40H,2-13,28-29H2,1H3,(H2,30,41)(H2,31,42)(H,32,47)(H,33,43)(H,34,46)(H,35,44)(H,36,45)(H,37,49)(H,38,48)/t14-,15-,16-,17-,18-/m0/s1. The van der Waals surface area contributed by atoms with Gasteiger partial charge in [-0.2, -0.15) is 0 Å². The molecule has 5 atom stereocenters. The number of aliphatic hydroxyl groups is 2. The Morgan fingerprint density at radius 1 is 0.571 bits per heavy atom. The molecule has 22 heteroatoms. The van der Waals surface area contributed by atoms with Crippen LogP contribution in [-0.4, -0.2) is 133 Å². The minimum atomic E-state index is -1.60. The molecule has 0 aliphatic heterocycles. The number of amides is 9. The van der Waals surface area contributed by atoms with E-state index in [2.05, 4.69) is 37.2 Å². The van der Waals surface area contributed by atoms with E-state index in [1.165, 1.54) is 6.92 Å². The summed E-state index contributed by atoms with van der Waals surface area (Å²) in [5.41, 5.74) is 21.2. The summed E-state index contributed by atoms with van der Waals surface area (Å²) < 4.78 is 0. The van der Waals surface area contributed by atoms with Crippen molar-refractivity contribution in [2.24, 2.45) is 22.9 Å². The van der Waals surface area contributed by atoms with Gasteiger partial charge in [-0.3, -0.25) is 43.2 Å². The Morgan fingerprint density at radius 2 is 1.06 bits per heavy atom. The third-order valence-electron chi connectivity index (χ3n) is 6.50. The molecule has 0 heterocycles. The number of primary amides is 2. The molecule has 49 heavy (non-hydrogen) atoms. The van der Waals surface area contributed by atoms with Gasteiger partial charge in [0.05, 0.1) is 32.3 Å². The van der Waals surface area contributed by atoms with Crippen LogP contribution in [0.25, 0.3) is 0 Å². The fourth-order valence-electron chi connectivity index (χ4n) is 3.76. The van der Waals surface area contributed by atoms with Crippen LogP contribution in [0.2, 0.25) is 0 Å². The van der Waals surface area contributed by atoms with Crippen molar-refractivity contribution in [3.8, 4) is 0 Å². The summed E-state index contributed by atoms with van der Waals surface area (Å²) in [7, 11) is 0. The molecular formula is C27H49N11O11. The highest BCUT2D eigenvalue weighted by Crippen LogP contribution is 2.04. The van der Waals surface area contributed by atoms with Gasteiger partial charge in [-0.25, -0.2) is 0 Å². The van der Waals surface area contributed by atoms with Crippen molar-refractivity contribution in [2.45, 2.75) is 75.7 Å². The molecule has 0 fully saturated rings. The van der Waals surface area contributed by atoms with E-state index in [1.54, 1.807) is 0 Å². The predicted molar refractivity (Wildman–Crippen MR) is 170 cm³/mol. The van der Waals surface area contributed by atoms with Crippen LogP contribution in [0.4, 0.5) is 0 Å². The number of nitrogens with one attached hydrogen (secondary N) is 7. The number of hydrogen-bond donors (Lipinski definition) is 13. The maximum atomic E-state index is 13.0. The van der Waals surface area contributed by atoms with Crippen molar-refractivity contribution in [2.75, 3.05) is 39.4 Å². The second-order valence-electron chi connectivity index (χ2n) is 10.7. The van der Waals surface area contributed by atoms with Gasteiger partial charge in [-0.1, -0.05) is 0 Å². The van der Waals surface area contributed by atoms with E-state index in [9.17, 15) is 53.4 Å². The Labute approximate surface area is 281 Å². The third kappa shape index (κ3) is 19.5. The average Bonchev–Trinajstić information content (AvgIpc) is 3.04. The highest BCUT2D eigenvalue weighted by molar-refractivity contribution is 5.96. The molecule has 0 saturated carbocycles. The molecule has 0 aromatic carbocycles. The van der Waals surface area contributed by atoms with Crippen LogP contribution in [0.1, 0.15) is 45.4 Å². The first-order valence-electron chi connectivity index (χ1n) is 15.3. The minimum absolute atomic E-state index is 0.127. The molecule has 0 spiro atoms. The van der Waals surface area contributed by atoms with E-state index in [4.69, 9.17) is 22.9 Å². The summed E-state index contributed by atoms with van der Waals surface area (Å²) in [6.45, 7) is -1.49. The number of carbonyl (C=O) groups is 9. The first-order valence-corrected chi connectivity index (χ1v) is 15.3. The summed E-state index contributed by atoms with van der Waals surface area (Å²) in [4.78, 5) is 109. The molecule has 9 amide bonds. The van der Waals surface area contributed by atoms with Crippen LogP contribution in [0, 0.1) is 0 Å². The maximum absolute atomic E-state index is 13.0. The van der Waals surface area contributed by atoms with Gasteiger partial charge < -0.3 is 70.4 Å². The molecule has 278 valence electrons. The third-order valence-corrected chi connectivity index (χ3v) is 6.50. The molecule has 0 aliphatic rings. The molecule has 0 rings (SSSR count). The fourth-order valence-corrected chi connectivity index (χ4v) is 3.76. The van der Waals surface area contributed by atoms with Gasteiger partial charge in [0.15, 0.2) is 0 Å². The Hall–Kier alpha value is -4.93. The lowest BCUT2D eigenvalue weighted by Crippen LogP contribution is -2.59. The zero-order valence-electron chi connectivity index (χ0n) is 27.3. The van der Waals surface area contributed by atoms with Gasteiger partial charge in [0.1, 0.15) is 24.2 Å². The molecule has 17 N–H and O–H groups in total. The fraction of sp³-hybridized carbons (Fsp3) is 0.667. The normalized spacial score (nSPS) is 13.7. The summed E-state index contributed by atoms with van der Waals surface area (Å²) >= 11 is 0. The number of rotatable bonds is 25. The van der Waals surface area contributed by atoms with Gasteiger partial charge in [0.2, 0.25) is 53.2 Å². The molecule has 0 radical (unpaired) electrons. The highest BCUT2D eigenvalue weighted by atomic mass is 16.3. The maximum Gasteiger partial charge on any atom is 0.245 e. The van der Waals surface area contributed by atoms with Crippen molar-refractivity contribution in [3.63, 3.8) is 0 Å². The van der Waals surface area contributed by atoms with Crippen LogP contribution in [0.3, 0.4) is 0 Å². The van der Waals surface area contributed by atoms with Gasteiger partial charge >= 0.3 is 0 Å². The first-order chi connectivity index (χ1) is 23.1. The van der Waals surface area contributed by atoms with Gasteiger partial charge in [0.25, 0.3) is 0 Å². The summed E-state index contributed by atoms with van der Waals surface area (Å²) in [5.74, 6) is -7.55. The van der Waals surface area contributed by atoms with Crippen LogP contribution in [-0.2, 0) is 43.2 Å². The lowest BCUT2D eigenvalue weighted by atomic mass is 10.1. The van der Waals surface area contributed by atoms with Crippen LogP contribution >= 0.6 is 0 Å².